The number of carbonyl (C=O) groups excluding carboxylic acids is 1. The molecule has 0 bridgehead atoms. The lowest BCUT2D eigenvalue weighted by Crippen LogP contribution is -2.17. The maximum atomic E-state index is 13.9. The van der Waals surface area contributed by atoms with Gasteiger partial charge in [0, 0.05) is 18.4 Å². The van der Waals surface area contributed by atoms with Gasteiger partial charge < -0.3 is 14.8 Å². The minimum absolute atomic E-state index is 0.0523. The lowest BCUT2D eigenvalue weighted by Gasteiger charge is -2.08. The van der Waals surface area contributed by atoms with Crippen LogP contribution in [0.25, 0.3) is 17.1 Å². The first-order chi connectivity index (χ1) is 16.0. The van der Waals surface area contributed by atoms with Gasteiger partial charge >= 0.3 is 6.01 Å². The van der Waals surface area contributed by atoms with E-state index in [1.165, 1.54) is 36.1 Å². The number of rotatable bonds is 8. The highest BCUT2D eigenvalue weighted by molar-refractivity contribution is 5.91. The first-order valence-electron chi connectivity index (χ1n) is 10.0. The first kappa shape index (κ1) is 22.1. The molecule has 0 saturated carbocycles. The monoisotopic (exact) mass is 450 g/mol. The fourth-order valence-corrected chi connectivity index (χ4v) is 3.09. The third kappa shape index (κ3) is 5.58. The maximum absolute atomic E-state index is 13.9. The van der Waals surface area contributed by atoms with Crippen LogP contribution in [0.5, 0.6) is 6.01 Å². The quantitative estimate of drug-likeness (QED) is 0.431. The van der Waals surface area contributed by atoms with Gasteiger partial charge in [0.1, 0.15) is 24.8 Å². The SMILES string of the molecule is COCC(=O)Nc1ccc(-n2nc(OCc3ccc(F)cc3)nc2-c2cccc(F)c2)cc1. The molecule has 7 nitrogen and oxygen atoms in total. The van der Waals surface area contributed by atoms with Crippen LogP contribution in [0.1, 0.15) is 5.56 Å². The Balaban J connectivity index is 1.62. The Morgan fingerprint density at radius 1 is 1.00 bits per heavy atom. The Morgan fingerprint density at radius 3 is 2.45 bits per heavy atom. The van der Waals surface area contributed by atoms with E-state index < -0.39 is 5.82 Å². The minimum atomic E-state index is -0.410. The Labute approximate surface area is 188 Å². The van der Waals surface area contributed by atoms with Crippen molar-refractivity contribution in [3.8, 4) is 23.1 Å². The molecule has 0 saturated heterocycles. The van der Waals surface area contributed by atoms with E-state index in [0.29, 0.717) is 22.8 Å². The topological polar surface area (TPSA) is 78.3 Å². The summed E-state index contributed by atoms with van der Waals surface area (Å²) in [6.07, 6.45) is 0. The lowest BCUT2D eigenvalue weighted by atomic mass is 10.2. The zero-order valence-corrected chi connectivity index (χ0v) is 17.7. The van der Waals surface area contributed by atoms with Gasteiger partial charge in [-0.3, -0.25) is 4.79 Å². The van der Waals surface area contributed by atoms with E-state index in [9.17, 15) is 13.6 Å². The Bertz CT molecular complexity index is 1240. The van der Waals surface area contributed by atoms with Crippen molar-refractivity contribution in [1.82, 2.24) is 14.8 Å². The number of nitrogens with one attached hydrogen (secondary N) is 1. The predicted molar refractivity (Wildman–Crippen MR) is 118 cm³/mol. The molecule has 0 unspecified atom stereocenters. The molecule has 4 rings (SSSR count). The standard InChI is InChI=1S/C24H20F2N4O3/c1-32-15-22(31)27-20-9-11-21(12-10-20)30-23(17-3-2-4-19(26)13-17)28-24(29-30)33-14-16-5-7-18(25)8-6-16/h2-13H,14-15H2,1H3,(H,27,31). The van der Waals surface area contributed by atoms with Crippen LogP contribution in [0, 0.1) is 11.6 Å². The number of carbonyl (C=O) groups is 1. The van der Waals surface area contributed by atoms with Crippen molar-refractivity contribution in [1.29, 1.82) is 0 Å². The molecule has 1 N–H and O–H groups in total. The molecule has 1 amide bonds. The summed E-state index contributed by atoms with van der Waals surface area (Å²) in [6.45, 7) is 0.0840. The molecule has 168 valence electrons. The van der Waals surface area contributed by atoms with E-state index in [0.717, 1.165) is 5.56 Å². The molecular formula is C24H20F2N4O3. The number of amides is 1. The van der Waals surface area contributed by atoms with Crippen molar-refractivity contribution in [3.63, 3.8) is 0 Å². The number of hydrogen-bond acceptors (Lipinski definition) is 5. The smallest absolute Gasteiger partial charge is 0.336 e. The van der Waals surface area contributed by atoms with Crippen molar-refractivity contribution in [3.05, 3.63) is 90.0 Å². The molecule has 0 aliphatic rings. The second-order valence-electron chi connectivity index (χ2n) is 7.08. The minimum Gasteiger partial charge on any atom is -0.457 e. The van der Waals surface area contributed by atoms with Gasteiger partial charge in [-0.2, -0.15) is 4.98 Å². The highest BCUT2D eigenvalue weighted by Crippen LogP contribution is 2.25. The number of benzene rings is 3. The van der Waals surface area contributed by atoms with Crippen molar-refractivity contribution < 1.29 is 23.0 Å². The van der Waals surface area contributed by atoms with Crippen molar-refractivity contribution in [2.24, 2.45) is 0 Å². The Kier molecular flexibility index (Phi) is 6.70. The van der Waals surface area contributed by atoms with E-state index in [1.54, 1.807) is 48.5 Å². The normalized spacial score (nSPS) is 10.8. The first-order valence-corrected chi connectivity index (χ1v) is 10.0. The summed E-state index contributed by atoms with van der Waals surface area (Å²) < 4.78 is 39.0. The van der Waals surface area contributed by atoms with E-state index in [2.05, 4.69) is 15.4 Å². The Hall–Kier alpha value is -4.11. The number of halogens is 2. The van der Waals surface area contributed by atoms with Gasteiger partial charge in [-0.15, -0.1) is 5.10 Å². The van der Waals surface area contributed by atoms with Gasteiger partial charge in [0.05, 0.1) is 5.69 Å². The molecule has 0 aliphatic carbocycles. The molecule has 0 radical (unpaired) electrons. The highest BCUT2D eigenvalue weighted by atomic mass is 19.1. The average molecular weight is 450 g/mol. The molecule has 0 aliphatic heterocycles. The molecular weight excluding hydrogens is 430 g/mol. The van der Waals surface area contributed by atoms with E-state index in [-0.39, 0.29) is 30.9 Å². The third-order valence-electron chi connectivity index (χ3n) is 4.62. The number of ether oxygens (including phenoxy) is 2. The van der Waals surface area contributed by atoms with Gasteiger partial charge in [0.15, 0.2) is 5.82 Å². The summed E-state index contributed by atoms with van der Waals surface area (Å²) in [5, 5.41) is 7.13. The summed E-state index contributed by atoms with van der Waals surface area (Å²) in [7, 11) is 1.44. The summed E-state index contributed by atoms with van der Waals surface area (Å²) in [4.78, 5) is 16.1. The van der Waals surface area contributed by atoms with Gasteiger partial charge in [-0.1, -0.05) is 24.3 Å². The van der Waals surface area contributed by atoms with Crippen LogP contribution in [0.15, 0.2) is 72.8 Å². The second-order valence-corrected chi connectivity index (χ2v) is 7.08. The van der Waals surface area contributed by atoms with E-state index in [4.69, 9.17) is 9.47 Å². The molecule has 1 aromatic heterocycles. The van der Waals surface area contributed by atoms with Crippen LogP contribution in [-0.4, -0.2) is 34.4 Å². The average Bonchev–Trinajstić information content (AvgIpc) is 3.24. The van der Waals surface area contributed by atoms with Gasteiger partial charge in [-0.25, -0.2) is 13.5 Å². The van der Waals surface area contributed by atoms with Crippen LogP contribution in [0.2, 0.25) is 0 Å². The van der Waals surface area contributed by atoms with Crippen molar-refractivity contribution >= 4 is 11.6 Å². The predicted octanol–water partition coefficient (Wildman–Crippen LogP) is 4.38. The van der Waals surface area contributed by atoms with Crippen LogP contribution in [-0.2, 0) is 16.1 Å². The fourth-order valence-electron chi connectivity index (χ4n) is 3.09. The molecule has 0 fully saturated rings. The highest BCUT2D eigenvalue weighted by Gasteiger charge is 2.16. The largest absolute Gasteiger partial charge is 0.457 e. The molecule has 0 spiro atoms. The van der Waals surface area contributed by atoms with Crippen LogP contribution < -0.4 is 10.1 Å². The second kappa shape index (κ2) is 10.0. The van der Waals surface area contributed by atoms with Crippen molar-refractivity contribution in [2.75, 3.05) is 19.0 Å². The summed E-state index contributed by atoms with van der Waals surface area (Å²) in [5.74, 6) is -0.647. The van der Waals surface area contributed by atoms with Gasteiger partial charge in [0.25, 0.3) is 0 Å². The molecule has 4 aromatic rings. The number of methoxy groups -OCH3 is 1. The van der Waals surface area contributed by atoms with Gasteiger partial charge in [0.2, 0.25) is 5.91 Å². The maximum Gasteiger partial charge on any atom is 0.336 e. The summed E-state index contributed by atoms with van der Waals surface area (Å²) in [5.41, 5.74) is 2.47. The van der Waals surface area contributed by atoms with Crippen LogP contribution in [0.4, 0.5) is 14.5 Å². The van der Waals surface area contributed by atoms with Crippen LogP contribution in [0.3, 0.4) is 0 Å². The molecule has 1 heterocycles. The molecule has 33 heavy (non-hydrogen) atoms. The zero-order chi connectivity index (χ0) is 23.2. The Morgan fingerprint density at radius 2 is 1.76 bits per heavy atom. The zero-order valence-electron chi connectivity index (χ0n) is 17.7. The fraction of sp³-hybridized carbons (Fsp3) is 0.125. The number of anilines is 1. The number of hydrogen-bond donors (Lipinski definition) is 1. The third-order valence-corrected chi connectivity index (χ3v) is 4.62. The van der Waals surface area contributed by atoms with E-state index >= 15 is 0 Å². The molecule has 3 aromatic carbocycles. The molecule has 0 atom stereocenters. The lowest BCUT2D eigenvalue weighted by molar-refractivity contribution is -0.119. The number of aromatic nitrogens is 3. The van der Waals surface area contributed by atoms with Crippen molar-refractivity contribution in [2.45, 2.75) is 6.61 Å². The van der Waals surface area contributed by atoms with E-state index in [1.807, 2.05) is 0 Å². The van der Waals surface area contributed by atoms with Gasteiger partial charge in [-0.05, 0) is 54.1 Å². The summed E-state index contributed by atoms with van der Waals surface area (Å²) in [6, 6.07) is 18.9. The van der Waals surface area contributed by atoms with Crippen LogP contribution >= 0.6 is 0 Å². The number of nitrogens with zero attached hydrogens (tertiary/aromatic N) is 3. The summed E-state index contributed by atoms with van der Waals surface area (Å²) >= 11 is 0. The molecule has 9 heteroatoms.